The number of methoxy groups -OCH3 is 1. The normalized spacial score (nSPS) is 12.2. The van der Waals surface area contributed by atoms with Crippen molar-refractivity contribution in [1.82, 2.24) is 10.3 Å². The van der Waals surface area contributed by atoms with Crippen LogP contribution < -0.4 is 5.32 Å². The highest BCUT2D eigenvalue weighted by molar-refractivity contribution is 5.79. The Labute approximate surface area is 102 Å². The maximum absolute atomic E-state index is 5.19. The molecule has 0 aliphatic rings. The Bertz CT molecular complexity index is 488. The van der Waals surface area contributed by atoms with Crippen molar-refractivity contribution in [3.8, 4) is 0 Å². The van der Waals surface area contributed by atoms with Gasteiger partial charge in [0.1, 0.15) is 0 Å². The van der Waals surface area contributed by atoms with Gasteiger partial charge in [-0.1, -0.05) is 6.07 Å². The minimum Gasteiger partial charge on any atom is -0.383 e. The number of hydrogen-bond donors (Lipinski definition) is 2. The summed E-state index contributed by atoms with van der Waals surface area (Å²) in [6, 6.07) is 8.57. The minimum atomic E-state index is 0.00184. The van der Waals surface area contributed by atoms with E-state index in [1.807, 2.05) is 6.20 Å². The molecule has 3 heteroatoms. The summed E-state index contributed by atoms with van der Waals surface area (Å²) >= 11 is 0. The summed E-state index contributed by atoms with van der Waals surface area (Å²) < 4.78 is 5.19. The Balaban J connectivity index is 2.03. The van der Waals surface area contributed by atoms with E-state index in [9.17, 15) is 0 Å². The van der Waals surface area contributed by atoms with Gasteiger partial charge in [0, 0.05) is 30.9 Å². The van der Waals surface area contributed by atoms with Crippen molar-refractivity contribution in [2.75, 3.05) is 13.7 Å². The van der Waals surface area contributed by atoms with Crippen LogP contribution in [0.1, 0.15) is 19.4 Å². The first-order chi connectivity index (χ1) is 8.11. The molecule has 1 aromatic carbocycles. The molecule has 0 aliphatic carbocycles. The second kappa shape index (κ2) is 4.90. The van der Waals surface area contributed by atoms with Gasteiger partial charge in [0.05, 0.1) is 6.61 Å². The van der Waals surface area contributed by atoms with Crippen molar-refractivity contribution in [2.24, 2.45) is 0 Å². The first-order valence-corrected chi connectivity index (χ1v) is 5.91. The van der Waals surface area contributed by atoms with Crippen LogP contribution >= 0.6 is 0 Å². The largest absolute Gasteiger partial charge is 0.383 e. The third-order valence-electron chi connectivity index (χ3n) is 2.89. The molecule has 17 heavy (non-hydrogen) atoms. The van der Waals surface area contributed by atoms with Crippen LogP contribution in [0, 0.1) is 0 Å². The van der Waals surface area contributed by atoms with E-state index in [0.29, 0.717) is 6.61 Å². The lowest BCUT2D eigenvalue weighted by Gasteiger charge is -2.25. The van der Waals surface area contributed by atoms with Crippen LogP contribution in [0.5, 0.6) is 0 Å². The molecule has 0 amide bonds. The van der Waals surface area contributed by atoms with Gasteiger partial charge in [0.25, 0.3) is 0 Å². The monoisotopic (exact) mass is 232 g/mol. The number of nitrogens with one attached hydrogen (secondary N) is 2. The van der Waals surface area contributed by atoms with Crippen molar-refractivity contribution in [3.05, 3.63) is 36.0 Å². The molecule has 0 radical (unpaired) electrons. The number of ether oxygens (including phenoxy) is 1. The van der Waals surface area contributed by atoms with Crippen LogP contribution in [0.25, 0.3) is 10.9 Å². The molecule has 2 rings (SSSR count). The molecule has 0 atom stereocenters. The van der Waals surface area contributed by atoms with E-state index in [0.717, 1.165) is 6.54 Å². The predicted octanol–water partition coefficient (Wildman–Crippen LogP) is 2.68. The second-order valence-corrected chi connectivity index (χ2v) is 5.07. The molecule has 0 aliphatic heterocycles. The summed E-state index contributed by atoms with van der Waals surface area (Å²) in [5.41, 5.74) is 2.48. The van der Waals surface area contributed by atoms with E-state index < -0.39 is 0 Å². The van der Waals surface area contributed by atoms with E-state index in [1.165, 1.54) is 16.5 Å². The first-order valence-electron chi connectivity index (χ1n) is 5.91. The van der Waals surface area contributed by atoms with Gasteiger partial charge in [0.15, 0.2) is 0 Å². The van der Waals surface area contributed by atoms with Gasteiger partial charge in [0.2, 0.25) is 0 Å². The Kier molecular flexibility index (Phi) is 3.50. The molecular weight excluding hydrogens is 212 g/mol. The lowest BCUT2D eigenvalue weighted by Crippen LogP contribution is -2.42. The standard InChI is InChI=1S/C14H20N2O/c1-14(2,10-17-3)16-9-11-4-5-13-12(8-11)6-7-15-13/h4-8,15-16H,9-10H2,1-3H3. The second-order valence-electron chi connectivity index (χ2n) is 5.07. The SMILES string of the molecule is COCC(C)(C)NCc1ccc2[nH]ccc2c1. The van der Waals surface area contributed by atoms with Gasteiger partial charge in [-0.2, -0.15) is 0 Å². The molecular formula is C14H20N2O. The molecule has 0 saturated carbocycles. The van der Waals surface area contributed by atoms with Gasteiger partial charge in [-0.05, 0) is 43.0 Å². The minimum absolute atomic E-state index is 0.00184. The third kappa shape index (κ3) is 3.08. The molecule has 1 aromatic heterocycles. The van der Waals surface area contributed by atoms with Crippen LogP contribution in [0.15, 0.2) is 30.5 Å². The van der Waals surface area contributed by atoms with E-state index in [1.54, 1.807) is 7.11 Å². The molecule has 1 heterocycles. The number of H-pyrrole nitrogens is 1. The zero-order chi connectivity index (χ0) is 12.3. The third-order valence-corrected chi connectivity index (χ3v) is 2.89. The summed E-state index contributed by atoms with van der Waals surface area (Å²) in [6.45, 7) is 5.85. The molecule has 0 saturated heterocycles. The highest BCUT2D eigenvalue weighted by Crippen LogP contribution is 2.15. The molecule has 0 bridgehead atoms. The van der Waals surface area contributed by atoms with Crippen molar-refractivity contribution < 1.29 is 4.74 Å². The van der Waals surface area contributed by atoms with Gasteiger partial charge in [-0.25, -0.2) is 0 Å². The van der Waals surface area contributed by atoms with Crippen LogP contribution in [-0.4, -0.2) is 24.2 Å². The van der Waals surface area contributed by atoms with E-state index in [2.05, 4.69) is 48.4 Å². The summed E-state index contributed by atoms with van der Waals surface area (Å²) in [5.74, 6) is 0. The zero-order valence-electron chi connectivity index (χ0n) is 10.7. The number of fused-ring (bicyclic) bond motifs is 1. The maximum atomic E-state index is 5.19. The van der Waals surface area contributed by atoms with E-state index in [-0.39, 0.29) is 5.54 Å². The number of aromatic nitrogens is 1. The summed E-state index contributed by atoms with van der Waals surface area (Å²) in [4.78, 5) is 3.20. The van der Waals surface area contributed by atoms with Gasteiger partial charge in [-0.3, -0.25) is 0 Å². The number of benzene rings is 1. The quantitative estimate of drug-likeness (QED) is 0.831. The zero-order valence-corrected chi connectivity index (χ0v) is 10.7. The Morgan fingerprint density at radius 3 is 2.88 bits per heavy atom. The highest BCUT2D eigenvalue weighted by Gasteiger charge is 2.16. The lowest BCUT2D eigenvalue weighted by molar-refractivity contribution is 0.128. The van der Waals surface area contributed by atoms with Gasteiger partial charge in [-0.15, -0.1) is 0 Å². The molecule has 92 valence electrons. The summed E-state index contributed by atoms with van der Waals surface area (Å²) in [6.07, 6.45) is 1.97. The lowest BCUT2D eigenvalue weighted by atomic mass is 10.1. The molecule has 0 unspecified atom stereocenters. The fourth-order valence-corrected chi connectivity index (χ4v) is 1.97. The predicted molar refractivity (Wildman–Crippen MR) is 71.1 cm³/mol. The van der Waals surface area contributed by atoms with E-state index >= 15 is 0 Å². The topological polar surface area (TPSA) is 37.0 Å². The number of aromatic amines is 1. The Morgan fingerprint density at radius 1 is 1.29 bits per heavy atom. The maximum Gasteiger partial charge on any atom is 0.0639 e. The van der Waals surface area contributed by atoms with E-state index in [4.69, 9.17) is 4.74 Å². The molecule has 0 fully saturated rings. The average Bonchev–Trinajstić information content (AvgIpc) is 2.73. The Hall–Kier alpha value is -1.32. The highest BCUT2D eigenvalue weighted by atomic mass is 16.5. The average molecular weight is 232 g/mol. The van der Waals surface area contributed by atoms with Gasteiger partial charge < -0.3 is 15.0 Å². The van der Waals surface area contributed by atoms with Crippen LogP contribution in [0.2, 0.25) is 0 Å². The molecule has 2 N–H and O–H groups in total. The Morgan fingerprint density at radius 2 is 2.12 bits per heavy atom. The number of hydrogen-bond acceptors (Lipinski definition) is 2. The van der Waals surface area contributed by atoms with Crippen molar-refractivity contribution in [2.45, 2.75) is 25.9 Å². The van der Waals surface area contributed by atoms with Crippen LogP contribution in [0.3, 0.4) is 0 Å². The summed E-state index contributed by atoms with van der Waals surface area (Å²) in [7, 11) is 1.73. The fraction of sp³-hybridized carbons (Fsp3) is 0.429. The van der Waals surface area contributed by atoms with Gasteiger partial charge >= 0.3 is 0 Å². The molecule has 3 nitrogen and oxygen atoms in total. The first kappa shape index (κ1) is 12.1. The van der Waals surface area contributed by atoms with Crippen molar-refractivity contribution >= 4 is 10.9 Å². The smallest absolute Gasteiger partial charge is 0.0639 e. The van der Waals surface area contributed by atoms with Crippen LogP contribution in [0.4, 0.5) is 0 Å². The summed E-state index contributed by atoms with van der Waals surface area (Å²) in [5, 5.41) is 4.76. The van der Waals surface area contributed by atoms with Crippen LogP contribution in [-0.2, 0) is 11.3 Å². The molecule has 0 spiro atoms. The van der Waals surface area contributed by atoms with Crippen molar-refractivity contribution in [1.29, 1.82) is 0 Å². The fourth-order valence-electron chi connectivity index (χ4n) is 1.97. The van der Waals surface area contributed by atoms with Crippen molar-refractivity contribution in [3.63, 3.8) is 0 Å². The number of rotatable bonds is 5. The molecule has 2 aromatic rings.